The van der Waals surface area contributed by atoms with Crippen LogP contribution in [0.5, 0.6) is 0 Å². The summed E-state index contributed by atoms with van der Waals surface area (Å²) in [4.78, 5) is 2.25. The van der Waals surface area contributed by atoms with Crippen LogP contribution >= 0.6 is 0 Å². The highest BCUT2D eigenvalue weighted by Gasteiger charge is 2.33. The number of hydrogen-bond acceptors (Lipinski definition) is 3. The zero-order chi connectivity index (χ0) is 19.0. The molecule has 2 aliphatic rings. The molecule has 2 saturated heterocycles. The number of hydrogen-bond donors (Lipinski definition) is 2. The van der Waals surface area contributed by atoms with E-state index in [9.17, 15) is 13.9 Å². The van der Waals surface area contributed by atoms with Gasteiger partial charge in [-0.25, -0.2) is 8.78 Å². The predicted molar refractivity (Wildman–Crippen MR) is 103 cm³/mol. The third kappa shape index (κ3) is 3.71. The van der Waals surface area contributed by atoms with Crippen molar-refractivity contribution in [2.75, 3.05) is 18.0 Å². The Morgan fingerprint density at radius 2 is 1.93 bits per heavy atom. The van der Waals surface area contributed by atoms with Crippen molar-refractivity contribution in [3.8, 4) is 0 Å². The van der Waals surface area contributed by atoms with Crippen molar-refractivity contribution in [2.45, 2.75) is 50.3 Å². The minimum absolute atomic E-state index is 0.158. The summed E-state index contributed by atoms with van der Waals surface area (Å²) in [7, 11) is 0. The molecule has 0 radical (unpaired) electrons. The quantitative estimate of drug-likeness (QED) is 0.847. The zero-order valence-electron chi connectivity index (χ0n) is 15.5. The lowest BCUT2D eigenvalue weighted by Crippen LogP contribution is -2.31. The number of aliphatic hydroxyl groups is 1. The standard InChI is InChI=1S/C22H26F2N2O/c1-14(17-4-2-3-5-22(17)26-11-10-16(27)13-26)20-8-9-21(25-20)18-12-15(23)6-7-19(18)24/h2-7,12,14,16,20-21,25,27H,8-11,13H2,1H3/t14-,16-,20?,21+/m0/s1. The minimum atomic E-state index is -0.400. The molecule has 2 aromatic rings. The Balaban J connectivity index is 1.53. The van der Waals surface area contributed by atoms with E-state index in [1.165, 1.54) is 23.4 Å². The van der Waals surface area contributed by atoms with E-state index in [0.29, 0.717) is 12.1 Å². The summed E-state index contributed by atoms with van der Waals surface area (Å²) in [5.41, 5.74) is 2.83. The van der Waals surface area contributed by atoms with Gasteiger partial charge in [0.05, 0.1) is 6.10 Å². The Hall–Kier alpha value is -1.98. The number of aliphatic hydroxyl groups excluding tert-OH is 1. The van der Waals surface area contributed by atoms with E-state index in [-0.39, 0.29) is 29.9 Å². The Labute approximate surface area is 159 Å². The molecule has 0 aromatic heterocycles. The Kier molecular flexibility index (Phi) is 5.15. The van der Waals surface area contributed by atoms with E-state index in [1.807, 2.05) is 12.1 Å². The third-order valence-electron chi connectivity index (χ3n) is 6.05. The van der Waals surface area contributed by atoms with Crippen molar-refractivity contribution in [3.63, 3.8) is 0 Å². The number of benzene rings is 2. The van der Waals surface area contributed by atoms with Crippen LogP contribution < -0.4 is 10.2 Å². The van der Waals surface area contributed by atoms with Crippen LogP contribution in [0.2, 0.25) is 0 Å². The molecule has 2 fully saturated rings. The lowest BCUT2D eigenvalue weighted by Gasteiger charge is -2.28. The summed E-state index contributed by atoms with van der Waals surface area (Å²) in [6.07, 6.45) is 2.24. The van der Waals surface area contributed by atoms with Gasteiger partial charge < -0.3 is 15.3 Å². The van der Waals surface area contributed by atoms with Crippen molar-refractivity contribution in [1.82, 2.24) is 5.32 Å². The van der Waals surface area contributed by atoms with Crippen LogP contribution in [0.15, 0.2) is 42.5 Å². The third-order valence-corrected chi connectivity index (χ3v) is 6.05. The first-order valence-electron chi connectivity index (χ1n) is 9.76. The molecule has 0 aliphatic carbocycles. The van der Waals surface area contributed by atoms with Crippen LogP contribution in [0.3, 0.4) is 0 Å². The molecule has 144 valence electrons. The van der Waals surface area contributed by atoms with Crippen LogP contribution in [0.25, 0.3) is 0 Å². The largest absolute Gasteiger partial charge is 0.391 e. The number of anilines is 1. The number of para-hydroxylation sites is 1. The van der Waals surface area contributed by atoms with Crippen molar-refractivity contribution in [1.29, 1.82) is 0 Å². The average molecular weight is 372 g/mol. The number of halogens is 2. The van der Waals surface area contributed by atoms with E-state index >= 15 is 0 Å². The molecule has 4 rings (SSSR count). The SMILES string of the molecule is C[C@@H](c1ccccc1N1CC[C@H](O)C1)C1CC[C@H](c2cc(F)ccc2F)N1. The van der Waals surface area contributed by atoms with Crippen LogP contribution in [0.4, 0.5) is 14.5 Å². The van der Waals surface area contributed by atoms with E-state index < -0.39 is 5.82 Å². The summed E-state index contributed by atoms with van der Waals surface area (Å²) >= 11 is 0. The molecule has 0 saturated carbocycles. The maximum Gasteiger partial charge on any atom is 0.128 e. The maximum atomic E-state index is 14.1. The first-order valence-corrected chi connectivity index (χ1v) is 9.76. The molecule has 27 heavy (non-hydrogen) atoms. The average Bonchev–Trinajstić information content (AvgIpc) is 3.32. The second-order valence-corrected chi connectivity index (χ2v) is 7.80. The fourth-order valence-electron chi connectivity index (χ4n) is 4.53. The Morgan fingerprint density at radius 1 is 1.11 bits per heavy atom. The van der Waals surface area contributed by atoms with Gasteiger partial charge in [-0.05, 0) is 55.0 Å². The summed E-state index contributed by atoms with van der Waals surface area (Å²) in [6.45, 7) is 3.71. The summed E-state index contributed by atoms with van der Waals surface area (Å²) in [5.74, 6) is -0.517. The van der Waals surface area contributed by atoms with E-state index in [4.69, 9.17) is 0 Å². The first kappa shape index (κ1) is 18.4. The summed E-state index contributed by atoms with van der Waals surface area (Å²) < 4.78 is 27.7. The highest BCUT2D eigenvalue weighted by molar-refractivity contribution is 5.56. The van der Waals surface area contributed by atoms with Crippen LogP contribution in [-0.2, 0) is 0 Å². The molecule has 0 bridgehead atoms. The van der Waals surface area contributed by atoms with Gasteiger partial charge in [-0.2, -0.15) is 0 Å². The molecule has 2 aliphatic heterocycles. The first-order chi connectivity index (χ1) is 13.0. The maximum absolute atomic E-state index is 14.1. The van der Waals surface area contributed by atoms with Crippen LogP contribution in [0, 0.1) is 11.6 Å². The topological polar surface area (TPSA) is 35.5 Å². The molecule has 1 unspecified atom stereocenters. The fourth-order valence-corrected chi connectivity index (χ4v) is 4.53. The van der Waals surface area contributed by atoms with E-state index in [1.54, 1.807) is 0 Å². The molecule has 4 atom stereocenters. The van der Waals surface area contributed by atoms with Gasteiger partial charge in [0.15, 0.2) is 0 Å². The lowest BCUT2D eigenvalue weighted by molar-refractivity contribution is 0.198. The molecule has 5 heteroatoms. The number of nitrogens with zero attached hydrogens (tertiary/aromatic N) is 1. The smallest absolute Gasteiger partial charge is 0.128 e. The van der Waals surface area contributed by atoms with E-state index in [0.717, 1.165) is 31.9 Å². The Morgan fingerprint density at radius 3 is 2.70 bits per heavy atom. The lowest BCUT2D eigenvalue weighted by atomic mass is 9.90. The monoisotopic (exact) mass is 372 g/mol. The molecular weight excluding hydrogens is 346 g/mol. The van der Waals surface area contributed by atoms with E-state index in [2.05, 4.69) is 29.3 Å². The van der Waals surface area contributed by atoms with Crippen molar-refractivity contribution < 1.29 is 13.9 Å². The minimum Gasteiger partial charge on any atom is -0.391 e. The summed E-state index contributed by atoms with van der Waals surface area (Å²) in [5, 5.41) is 13.4. The molecule has 0 spiro atoms. The summed E-state index contributed by atoms with van der Waals surface area (Å²) in [6, 6.07) is 12.0. The molecule has 3 nitrogen and oxygen atoms in total. The van der Waals surface area contributed by atoms with Gasteiger partial charge in [0.2, 0.25) is 0 Å². The van der Waals surface area contributed by atoms with Crippen molar-refractivity contribution in [2.24, 2.45) is 0 Å². The molecule has 2 aromatic carbocycles. The number of nitrogens with one attached hydrogen (secondary N) is 1. The van der Waals surface area contributed by atoms with Gasteiger partial charge in [0.1, 0.15) is 11.6 Å². The van der Waals surface area contributed by atoms with Crippen molar-refractivity contribution >= 4 is 5.69 Å². The predicted octanol–water partition coefficient (Wildman–Crippen LogP) is 4.13. The van der Waals surface area contributed by atoms with Gasteiger partial charge in [-0.1, -0.05) is 25.1 Å². The molecule has 2 N–H and O–H groups in total. The van der Waals surface area contributed by atoms with Gasteiger partial charge >= 0.3 is 0 Å². The zero-order valence-corrected chi connectivity index (χ0v) is 15.5. The second kappa shape index (κ2) is 7.56. The molecule has 0 amide bonds. The van der Waals surface area contributed by atoms with Gasteiger partial charge in [-0.3, -0.25) is 0 Å². The molecular formula is C22H26F2N2O. The highest BCUT2D eigenvalue weighted by atomic mass is 19.1. The highest BCUT2D eigenvalue weighted by Crippen LogP contribution is 2.38. The number of rotatable bonds is 4. The van der Waals surface area contributed by atoms with Crippen molar-refractivity contribution in [3.05, 3.63) is 65.2 Å². The van der Waals surface area contributed by atoms with Gasteiger partial charge in [0, 0.05) is 36.4 Å². The number of β-amino-alcohol motifs (C(OH)–C–C–N with tert-alkyl or cyclic N) is 1. The Bertz CT molecular complexity index is 813. The normalized spacial score (nSPS) is 26.5. The molecule has 2 heterocycles. The van der Waals surface area contributed by atoms with Crippen LogP contribution in [-0.4, -0.2) is 30.3 Å². The van der Waals surface area contributed by atoms with Crippen LogP contribution in [0.1, 0.15) is 49.3 Å². The van der Waals surface area contributed by atoms with Gasteiger partial charge in [-0.15, -0.1) is 0 Å². The fraction of sp³-hybridized carbons (Fsp3) is 0.455. The van der Waals surface area contributed by atoms with Gasteiger partial charge in [0.25, 0.3) is 0 Å². The second-order valence-electron chi connectivity index (χ2n) is 7.80.